The largest absolute Gasteiger partial charge is 0.393 e. The number of amides is 1. The van der Waals surface area contributed by atoms with Crippen LogP contribution in [-0.4, -0.2) is 34.7 Å². The highest BCUT2D eigenvalue weighted by atomic mass is 32.2. The molecule has 1 aliphatic heterocycles. The molecule has 1 amide bonds. The Hall–Kier alpha value is -0.220. The summed E-state index contributed by atoms with van der Waals surface area (Å²) in [6.07, 6.45) is 6.03. The van der Waals surface area contributed by atoms with Gasteiger partial charge < -0.3 is 10.4 Å². The molecule has 0 aromatic heterocycles. The van der Waals surface area contributed by atoms with Crippen LogP contribution in [0, 0.1) is 5.92 Å². The fourth-order valence-electron chi connectivity index (χ4n) is 2.49. The zero-order chi connectivity index (χ0) is 11.4. The molecule has 3 nitrogen and oxygen atoms in total. The maximum atomic E-state index is 11.8. The molecule has 2 rings (SSSR count). The fourth-order valence-corrected chi connectivity index (χ4v) is 3.68. The Morgan fingerprint density at radius 2 is 2.00 bits per heavy atom. The van der Waals surface area contributed by atoms with E-state index in [4.69, 9.17) is 0 Å². The van der Waals surface area contributed by atoms with Crippen molar-refractivity contribution in [3.63, 3.8) is 0 Å². The topological polar surface area (TPSA) is 49.3 Å². The lowest BCUT2D eigenvalue weighted by atomic mass is 9.87. The first kappa shape index (κ1) is 12.2. The average molecular weight is 243 g/mol. The first-order valence-electron chi connectivity index (χ1n) is 6.33. The third kappa shape index (κ3) is 3.39. The minimum Gasteiger partial charge on any atom is -0.393 e. The molecule has 16 heavy (non-hydrogen) atoms. The fraction of sp³-hybridized carbons (Fsp3) is 0.917. The van der Waals surface area contributed by atoms with Crippen molar-refractivity contribution in [1.29, 1.82) is 0 Å². The first-order valence-corrected chi connectivity index (χ1v) is 7.38. The molecule has 2 fully saturated rings. The van der Waals surface area contributed by atoms with E-state index in [0.29, 0.717) is 5.92 Å². The molecule has 1 heterocycles. The van der Waals surface area contributed by atoms with Gasteiger partial charge in [-0.2, -0.15) is 0 Å². The molecule has 0 radical (unpaired) electrons. The SMILES string of the molecule is O=C(NCC1CCC(O)CC1)C1CCCS1. The summed E-state index contributed by atoms with van der Waals surface area (Å²) in [5.41, 5.74) is 0. The summed E-state index contributed by atoms with van der Waals surface area (Å²) in [4.78, 5) is 11.8. The Bertz CT molecular complexity index is 233. The van der Waals surface area contributed by atoms with Crippen molar-refractivity contribution < 1.29 is 9.90 Å². The third-order valence-electron chi connectivity index (χ3n) is 3.60. The van der Waals surface area contributed by atoms with Gasteiger partial charge >= 0.3 is 0 Å². The molecule has 0 aromatic rings. The van der Waals surface area contributed by atoms with Crippen LogP contribution in [0.3, 0.4) is 0 Å². The molecule has 0 aromatic carbocycles. The van der Waals surface area contributed by atoms with Crippen molar-refractivity contribution in [2.75, 3.05) is 12.3 Å². The van der Waals surface area contributed by atoms with Crippen LogP contribution < -0.4 is 5.32 Å². The Balaban J connectivity index is 1.65. The molecular formula is C12H21NO2S. The van der Waals surface area contributed by atoms with Gasteiger partial charge in [-0.25, -0.2) is 0 Å². The Kier molecular flexibility index (Phi) is 4.53. The van der Waals surface area contributed by atoms with Crippen molar-refractivity contribution in [3.05, 3.63) is 0 Å². The summed E-state index contributed by atoms with van der Waals surface area (Å²) in [6.45, 7) is 0.808. The molecule has 0 spiro atoms. The number of rotatable bonds is 3. The molecule has 4 heteroatoms. The van der Waals surface area contributed by atoms with Gasteiger partial charge in [0, 0.05) is 6.54 Å². The van der Waals surface area contributed by atoms with Gasteiger partial charge in [0.05, 0.1) is 11.4 Å². The molecular weight excluding hydrogens is 222 g/mol. The molecule has 0 bridgehead atoms. The Morgan fingerprint density at radius 1 is 1.25 bits per heavy atom. The predicted molar refractivity (Wildman–Crippen MR) is 66.5 cm³/mol. The molecule has 1 saturated heterocycles. The standard InChI is InChI=1S/C12H21NO2S/c14-10-5-3-9(4-6-10)8-13-12(15)11-2-1-7-16-11/h9-11,14H,1-8H2,(H,13,15). The van der Waals surface area contributed by atoms with E-state index in [0.717, 1.165) is 44.4 Å². The third-order valence-corrected chi connectivity index (χ3v) is 4.98. The van der Waals surface area contributed by atoms with Crippen LogP contribution in [0.2, 0.25) is 0 Å². The molecule has 1 saturated carbocycles. The number of nitrogens with one attached hydrogen (secondary N) is 1. The van der Waals surface area contributed by atoms with E-state index in [1.165, 1.54) is 6.42 Å². The summed E-state index contributed by atoms with van der Waals surface area (Å²) in [5, 5.41) is 12.7. The second-order valence-corrected chi connectivity index (χ2v) is 6.23. The molecule has 1 atom stereocenters. The Morgan fingerprint density at radius 3 is 2.62 bits per heavy atom. The van der Waals surface area contributed by atoms with Gasteiger partial charge in [-0.3, -0.25) is 4.79 Å². The van der Waals surface area contributed by atoms with Gasteiger partial charge in [-0.05, 0) is 50.2 Å². The number of aliphatic hydroxyl groups is 1. The van der Waals surface area contributed by atoms with Crippen LogP contribution in [-0.2, 0) is 4.79 Å². The second kappa shape index (κ2) is 5.92. The lowest BCUT2D eigenvalue weighted by molar-refractivity contribution is -0.120. The van der Waals surface area contributed by atoms with Crippen LogP contribution >= 0.6 is 11.8 Å². The highest BCUT2D eigenvalue weighted by Crippen LogP contribution is 2.27. The number of carbonyl (C=O) groups excluding carboxylic acids is 1. The number of aliphatic hydroxyl groups excluding tert-OH is 1. The van der Waals surface area contributed by atoms with Crippen LogP contribution in [0.15, 0.2) is 0 Å². The molecule has 2 N–H and O–H groups in total. The van der Waals surface area contributed by atoms with Crippen LogP contribution in [0.4, 0.5) is 0 Å². The van der Waals surface area contributed by atoms with Crippen LogP contribution in [0.1, 0.15) is 38.5 Å². The highest BCUT2D eigenvalue weighted by molar-refractivity contribution is 8.00. The van der Waals surface area contributed by atoms with Gasteiger partial charge in [-0.15, -0.1) is 11.8 Å². The maximum absolute atomic E-state index is 11.8. The first-order chi connectivity index (χ1) is 7.75. The van der Waals surface area contributed by atoms with Crippen molar-refractivity contribution >= 4 is 17.7 Å². The van der Waals surface area contributed by atoms with Crippen molar-refractivity contribution in [2.45, 2.75) is 49.9 Å². The van der Waals surface area contributed by atoms with E-state index < -0.39 is 0 Å². The summed E-state index contributed by atoms with van der Waals surface area (Å²) >= 11 is 1.79. The number of carbonyl (C=O) groups is 1. The summed E-state index contributed by atoms with van der Waals surface area (Å²) in [5.74, 6) is 1.95. The van der Waals surface area contributed by atoms with E-state index in [9.17, 15) is 9.90 Å². The minimum absolute atomic E-state index is 0.0997. The molecule has 92 valence electrons. The second-order valence-electron chi connectivity index (χ2n) is 4.92. The molecule has 1 aliphatic carbocycles. The van der Waals surface area contributed by atoms with Gasteiger partial charge in [-0.1, -0.05) is 0 Å². The molecule has 1 unspecified atom stereocenters. The molecule has 2 aliphatic rings. The lowest BCUT2D eigenvalue weighted by Crippen LogP contribution is -2.36. The average Bonchev–Trinajstić information content (AvgIpc) is 2.81. The van der Waals surface area contributed by atoms with E-state index >= 15 is 0 Å². The number of thioether (sulfide) groups is 1. The smallest absolute Gasteiger partial charge is 0.233 e. The van der Waals surface area contributed by atoms with Crippen LogP contribution in [0.5, 0.6) is 0 Å². The number of hydrogen-bond donors (Lipinski definition) is 2. The van der Waals surface area contributed by atoms with E-state index in [1.807, 2.05) is 0 Å². The van der Waals surface area contributed by atoms with Crippen molar-refractivity contribution in [2.24, 2.45) is 5.92 Å². The van der Waals surface area contributed by atoms with Gasteiger partial charge in [0.15, 0.2) is 0 Å². The lowest BCUT2D eigenvalue weighted by Gasteiger charge is -2.25. The Labute approximate surface area is 101 Å². The van der Waals surface area contributed by atoms with E-state index in [-0.39, 0.29) is 17.3 Å². The van der Waals surface area contributed by atoms with Crippen molar-refractivity contribution in [1.82, 2.24) is 5.32 Å². The number of hydrogen-bond acceptors (Lipinski definition) is 3. The monoisotopic (exact) mass is 243 g/mol. The normalized spacial score (nSPS) is 34.9. The van der Waals surface area contributed by atoms with Crippen LogP contribution in [0.25, 0.3) is 0 Å². The van der Waals surface area contributed by atoms with Gasteiger partial charge in [0.25, 0.3) is 0 Å². The quantitative estimate of drug-likeness (QED) is 0.790. The zero-order valence-corrected chi connectivity index (χ0v) is 10.5. The minimum atomic E-state index is -0.0997. The maximum Gasteiger partial charge on any atom is 0.233 e. The van der Waals surface area contributed by atoms with Gasteiger partial charge in [0.2, 0.25) is 5.91 Å². The van der Waals surface area contributed by atoms with E-state index in [1.54, 1.807) is 11.8 Å². The zero-order valence-electron chi connectivity index (χ0n) is 9.65. The van der Waals surface area contributed by atoms with E-state index in [2.05, 4.69) is 5.32 Å². The summed E-state index contributed by atoms with van der Waals surface area (Å²) in [7, 11) is 0. The van der Waals surface area contributed by atoms with Gasteiger partial charge in [0.1, 0.15) is 0 Å². The summed E-state index contributed by atoms with van der Waals surface area (Å²) in [6, 6.07) is 0. The summed E-state index contributed by atoms with van der Waals surface area (Å²) < 4.78 is 0. The predicted octanol–water partition coefficient (Wildman–Crippen LogP) is 1.55. The van der Waals surface area contributed by atoms with Crippen molar-refractivity contribution in [3.8, 4) is 0 Å². The highest BCUT2D eigenvalue weighted by Gasteiger charge is 2.25.